The van der Waals surface area contributed by atoms with Gasteiger partial charge in [0.2, 0.25) is 0 Å². The van der Waals surface area contributed by atoms with Crippen LogP contribution >= 0.6 is 11.3 Å². The molecule has 2 N–H and O–H groups in total. The number of aromatic nitrogens is 1. The summed E-state index contributed by atoms with van der Waals surface area (Å²) >= 11 is 1.63. The second kappa shape index (κ2) is 5.07. The number of thiazole rings is 1. The van der Waals surface area contributed by atoms with Gasteiger partial charge < -0.3 is 10.5 Å². The fourth-order valence-electron chi connectivity index (χ4n) is 2.44. The van der Waals surface area contributed by atoms with Crippen LogP contribution in [0.15, 0.2) is 23.6 Å². The lowest BCUT2D eigenvalue weighted by molar-refractivity contribution is 0.157. The molecule has 3 rings (SSSR count). The second-order valence-electron chi connectivity index (χ2n) is 6.46. The number of fused-ring (bicyclic) bond motifs is 1. The molecule has 0 radical (unpaired) electrons. The van der Waals surface area contributed by atoms with E-state index in [1.807, 2.05) is 5.38 Å². The number of rotatable bonds is 1. The molecule has 0 fully saturated rings. The molecule has 1 aliphatic heterocycles. The van der Waals surface area contributed by atoms with E-state index in [1.54, 1.807) is 17.4 Å². The lowest BCUT2D eigenvalue weighted by Crippen LogP contribution is -2.24. The van der Waals surface area contributed by atoms with Crippen LogP contribution in [0.5, 0.6) is 5.75 Å². The molecule has 112 valence electrons. The van der Waals surface area contributed by atoms with Gasteiger partial charge in [0.25, 0.3) is 0 Å². The molecule has 0 saturated carbocycles. The molecule has 3 nitrogen and oxygen atoms in total. The predicted molar refractivity (Wildman–Crippen MR) is 82.1 cm³/mol. The Bertz CT molecular complexity index is 663. The molecule has 21 heavy (non-hydrogen) atoms. The second-order valence-corrected chi connectivity index (χ2v) is 7.32. The summed E-state index contributed by atoms with van der Waals surface area (Å²) in [5.41, 5.74) is 7.95. The number of ether oxygens (including phenoxy) is 1. The maximum atomic E-state index is 13.4. The first-order valence-corrected chi connectivity index (χ1v) is 7.90. The summed E-state index contributed by atoms with van der Waals surface area (Å²) in [7, 11) is 0. The Morgan fingerprint density at radius 1 is 1.38 bits per heavy atom. The van der Waals surface area contributed by atoms with E-state index in [4.69, 9.17) is 10.5 Å². The smallest absolute Gasteiger partial charge is 0.143 e. The predicted octanol–water partition coefficient (Wildman–Crippen LogP) is 4.10. The highest BCUT2D eigenvalue weighted by Gasteiger charge is 2.30. The number of nitrogens with two attached hydrogens (primary N) is 1. The first-order valence-electron chi connectivity index (χ1n) is 7.02. The van der Waals surface area contributed by atoms with Gasteiger partial charge in [0.1, 0.15) is 17.7 Å². The van der Waals surface area contributed by atoms with E-state index >= 15 is 0 Å². The van der Waals surface area contributed by atoms with Gasteiger partial charge in [-0.1, -0.05) is 26.8 Å². The first kappa shape index (κ1) is 14.5. The molecule has 2 heterocycles. The van der Waals surface area contributed by atoms with E-state index in [0.717, 1.165) is 16.3 Å². The van der Waals surface area contributed by atoms with Crippen molar-refractivity contribution in [3.05, 3.63) is 45.7 Å². The number of halogens is 1. The minimum atomic E-state index is -0.310. The van der Waals surface area contributed by atoms with Crippen molar-refractivity contribution in [2.75, 3.05) is 0 Å². The topological polar surface area (TPSA) is 48.1 Å². The van der Waals surface area contributed by atoms with Gasteiger partial charge in [0, 0.05) is 34.9 Å². The fourth-order valence-corrected chi connectivity index (χ4v) is 3.38. The highest BCUT2D eigenvalue weighted by molar-refractivity contribution is 7.09. The molecule has 1 unspecified atom stereocenters. The Labute approximate surface area is 128 Å². The summed E-state index contributed by atoms with van der Waals surface area (Å²) in [5.74, 6) is 0.222. The van der Waals surface area contributed by atoms with Gasteiger partial charge in [0.15, 0.2) is 0 Å². The highest BCUT2D eigenvalue weighted by Crippen LogP contribution is 2.40. The summed E-state index contributed by atoms with van der Waals surface area (Å²) in [6.07, 6.45) is 0.452. The fraction of sp³-hybridized carbons (Fsp3) is 0.438. The number of nitrogens with zero attached hydrogens (tertiary/aromatic N) is 1. The lowest BCUT2D eigenvalue weighted by atomic mass is 9.95. The van der Waals surface area contributed by atoms with E-state index in [9.17, 15) is 4.39 Å². The molecule has 2 aromatic rings. The molecule has 0 aliphatic carbocycles. The highest BCUT2D eigenvalue weighted by atomic mass is 32.1. The standard InChI is InChI=1S/C16H19FN2OS/c1-16(2,3)15-19-12(8-21-15)14-7-11(18)10-5-4-9(17)6-13(10)20-14/h4-6,8,11,14H,7,18H2,1-3H3/t11-,14?/m1/s1. The van der Waals surface area contributed by atoms with Crippen molar-refractivity contribution in [1.29, 1.82) is 0 Å². The van der Waals surface area contributed by atoms with Crippen LogP contribution in [0.3, 0.4) is 0 Å². The summed E-state index contributed by atoms with van der Waals surface area (Å²) in [6.45, 7) is 6.40. The third-order valence-corrected chi connectivity index (χ3v) is 4.89. The van der Waals surface area contributed by atoms with Crippen molar-refractivity contribution in [3.63, 3.8) is 0 Å². The van der Waals surface area contributed by atoms with E-state index in [2.05, 4.69) is 25.8 Å². The summed E-state index contributed by atoms with van der Waals surface area (Å²) < 4.78 is 19.3. The number of benzene rings is 1. The molecule has 0 spiro atoms. The van der Waals surface area contributed by atoms with Gasteiger partial charge in [-0.25, -0.2) is 9.37 Å². The van der Waals surface area contributed by atoms with Gasteiger partial charge in [-0.3, -0.25) is 0 Å². The number of hydrogen-bond acceptors (Lipinski definition) is 4. The molecule has 1 aromatic heterocycles. The van der Waals surface area contributed by atoms with Crippen molar-refractivity contribution in [1.82, 2.24) is 4.98 Å². The molecule has 1 aromatic carbocycles. The van der Waals surface area contributed by atoms with Crippen LogP contribution in [-0.2, 0) is 5.41 Å². The zero-order valence-electron chi connectivity index (χ0n) is 12.4. The van der Waals surface area contributed by atoms with Gasteiger partial charge in [-0.2, -0.15) is 0 Å². The van der Waals surface area contributed by atoms with Crippen LogP contribution < -0.4 is 10.5 Å². The minimum Gasteiger partial charge on any atom is -0.484 e. The zero-order valence-corrected chi connectivity index (χ0v) is 13.2. The average molecular weight is 306 g/mol. The average Bonchev–Trinajstić information content (AvgIpc) is 2.87. The van der Waals surface area contributed by atoms with Crippen LogP contribution in [0.1, 0.15) is 55.6 Å². The molecule has 5 heteroatoms. The third-order valence-electron chi connectivity index (χ3n) is 3.61. The summed E-state index contributed by atoms with van der Waals surface area (Å²) in [5, 5.41) is 3.09. The third kappa shape index (κ3) is 2.80. The first-order chi connectivity index (χ1) is 9.84. The van der Waals surface area contributed by atoms with E-state index in [0.29, 0.717) is 12.2 Å². The molecular formula is C16H19FN2OS. The van der Waals surface area contributed by atoms with Crippen LogP contribution in [-0.4, -0.2) is 4.98 Å². The molecule has 0 amide bonds. The van der Waals surface area contributed by atoms with E-state index < -0.39 is 0 Å². The SMILES string of the molecule is CC(C)(C)c1nc(C2C[C@@H](N)c3ccc(F)cc3O2)cs1. The van der Waals surface area contributed by atoms with Crippen molar-refractivity contribution in [2.24, 2.45) is 5.73 Å². The quantitative estimate of drug-likeness (QED) is 0.862. The maximum Gasteiger partial charge on any atom is 0.143 e. The van der Waals surface area contributed by atoms with Crippen LogP contribution in [0.25, 0.3) is 0 Å². The van der Waals surface area contributed by atoms with E-state index in [1.165, 1.54) is 12.1 Å². The normalized spacial score (nSPS) is 21.8. The summed E-state index contributed by atoms with van der Waals surface area (Å²) in [4.78, 5) is 4.68. The van der Waals surface area contributed by atoms with Crippen molar-refractivity contribution < 1.29 is 9.13 Å². The molecular weight excluding hydrogens is 287 g/mol. The molecule has 0 saturated heterocycles. The van der Waals surface area contributed by atoms with Crippen molar-refractivity contribution in [3.8, 4) is 5.75 Å². The Morgan fingerprint density at radius 3 is 2.81 bits per heavy atom. The Kier molecular flexibility index (Phi) is 3.50. The number of hydrogen-bond donors (Lipinski definition) is 1. The monoisotopic (exact) mass is 306 g/mol. The Balaban J connectivity index is 1.90. The molecule has 0 bridgehead atoms. The van der Waals surface area contributed by atoms with Gasteiger partial charge in [-0.05, 0) is 6.07 Å². The summed E-state index contributed by atoms with van der Waals surface area (Å²) in [6, 6.07) is 4.37. The molecule has 2 atom stereocenters. The maximum absolute atomic E-state index is 13.4. The van der Waals surface area contributed by atoms with E-state index in [-0.39, 0.29) is 23.4 Å². The lowest BCUT2D eigenvalue weighted by Gasteiger charge is -2.29. The van der Waals surface area contributed by atoms with Crippen LogP contribution in [0.2, 0.25) is 0 Å². The Hall–Kier alpha value is -1.46. The van der Waals surface area contributed by atoms with Gasteiger partial charge in [-0.15, -0.1) is 11.3 Å². The van der Waals surface area contributed by atoms with Crippen molar-refractivity contribution >= 4 is 11.3 Å². The Morgan fingerprint density at radius 2 is 2.14 bits per heavy atom. The van der Waals surface area contributed by atoms with Crippen LogP contribution in [0.4, 0.5) is 4.39 Å². The minimum absolute atomic E-state index is 0.0176. The van der Waals surface area contributed by atoms with Crippen molar-refractivity contribution in [2.45, 2.75) is 44.8 Å². The van der Waals surface area contributed by atoms with Gasteiger partial charge >= 0.3 is 0 Å². The van der Waals surface area contributed by atoms with Crippen LogP contribution in [0, 0.1) is 5.82 Å². The zero-order chi connectivity index (χ0) is 15.2. The molecule has 1 aliphatic rings. The largest absolute Gasteiger partial charge is 0.484 e. The van der Waals surface area contributed by atoms with Gasteiger partial charge in [0.05, 0.1) is 10.7 Å².